The van der Waals surface area contributed by atoms with E-state index in [-0.39, 0.29) is 17.4 Å². The summed E-state index contributed by atoms with van der Waals surface area (Å²) < 4.78 is 4.93. The first-order valence-corrected chi connectivity index (χ1v) is 6.00. The SMILES string of the molecule is CCOC(=O)c1ccc2[nH]cc(CC[N+](=O)[O-])c2c1. The fraction of sp³-hybridized carbons (Fsp3) is 0.308. The Morgan fingerprint density at radius 1 is 1.47 bits per heavy atom. The van der Waals surface area contributed by atoms with E-state index in [1.807, 2.05) is 0 Å². The van der Waals surface area contributed by atoms with Crippen LogP contribution in [0.3, 0.4) is 0 Å². The summed E-state index contributed by atoms with van der Waals surface area (Å²) >= 11 is 0. The van der Waals surface area contributed by atoms with Gasteiger partial charge in [-0.05, 0) is 30.7 Å². The van der Waals surface area contributed by atoms with Gasteiger partial charge in [0, 0.05) is 28.4 Å². The molecular formula is C13H14N2O4. The van der Waals surface area contributed by atoms with E-state index in [9.17, 15) is 14.9 Å². The molecule has 0 saturated carbocycles. The third kappa shape index (κ3) is 2.90. The van der Waals surface area contributed by atoms with E-state index in [0.717, 1.165) is 16.5 Å². The van der Waals surface area contributed by atoms with Gasteiger partial charge in [-0.15, -0.1) is 0 Å². The summed E-state index contributed by atoms with van der Waals surface area (Å²) in [7, 11) is 0. The van der Waals surface area contributed by atoms with Crippen molar-refractivity contribution < 1.29 is 14.5 Å². The van der Waals surface area contributed by atoms with E-state index in [0.29, 0.717) is 18.6 Å². The Balaban J connectivity index is 2.31. The van der Waals surface area contributed by atoms with E-state index in [4.69, 9.17) is 4.74 Å². The van der Waals surface area contributed by atoms with Crippen LogP contribution in [0.15, 0.2) is 24.4 Å². The summed E-state index contributed by atoms with van der Waals surface area (Å²) in [5.41, 5.74) is 2.14. The molecule has 0 fully saturated rings. The zero-order chi connectivity index (χ0) is 13.8. The van der Waals surface area contributed by atoms with Gasteiger partial charge in [-0.1, -0.05) is 0 Å². The average Bonchev–Trinajstić information content (AvgIpc) is 2.78. The predicted octanol–water partition coefficient (Wildman–Crippen LogP) is 2.16. The average molecular weight is 262 g/mol. The molecule has 0 spiro atoms. The molecule has 0 aliphatic carbocycles. The first kappa shape index (κ1) is 13.1. The fourth-order valence-corrected chi connectivity index (χ4v) is 1.94. The monoisotopic (exact) mass is 262 g/mol. The molecular weight excluding hydrogens is 248 g/mol. The third-order valence-electron chi connectivity index (χ3n) is 2.84. The summed E-state index contributed by atoms with van der Waals surface area (Å²) in [5, 5.41) is 11.2. The second-order valence-corrected chi connectivity index (χ2v) is 4.10. The highest BCUT2D eigenvalue weighted by molar-refractivity contribution is 5.95. The molecule has 19 heavy (non-hydrogen) atoms. The second-order valence-electron chi connectivity index (χ2n) is 4.10. The molecule has 6 heteroatoms. The summed E-state index contributed by atoms with van der Waals surface area (Å²) in [6.07, 6.45) is 2.07. The van der Waals surface area contributed by atoms with Crippen LogP contribution in [0.1, 0.15) is 22.8 Å². The van der Waals surface area contributed by atoms with E-state index in [2.05, 4.69) is 4.98 Å². The molecule has 0 amide bonds. The molecule has 0 unspecified atom stereocenters. The number of carbonyl (C=O) groups is 1. The number of rotatable bonds is 5. The molecule has 0 aliphatic rings. The van der Waals surface area contributed by atoms with Gasteiger partial charge >= 0.3 is 5.97 Å². The van der Waals surface area contributed by atoms with Gasteiger partial charge in [-0.25, -0.2) is 4.79 Å². The largest absolute Gasteiger partial charge is 0.462 e. The number of nitro groups is 1. The van der Waals surface area contributed by atoms with Crippen LogP contribution in [0.2, 0.25) is 0 Å². The first-order chi connectivity index (χ1) is 9.11. The van der Waals surface area contributed by atoms with Crippen LogP contribution in [-0.4, -0.2) is 29.0 Å². The van der Waals surface area contributed by atoms with Crippen molar-refractivity contribution in [1.29, 1.82) is 0 Å². The van der Waals surface area contributed by atoms with Gasteiger partial charge in [0.15, 0.2) is 0 Å². The Morgan fingerprint density at radius 2 is 2.26 bits per heavy atom. The number of aromatic amines is 1. The first-order valence-electron chi connectivity index (χ1n) is 6.00. The Morgan fingerprint density at radius 3 is 2.95 bits per heavy atom. The van der Waals surface area contributed by atoms with E-state index in [1.165, 1.54) is 0 Å². The van der Waals surface area contributed by atoms with Crippen molar-refractivity contribution in [3.05, 3.63) is 45.6 Å². The Hall–Kier alpha value is -2.37. The van der Waals surface area contributed by atoms with Gasteiger partial charge in [-0.2, -0.15) is 0 Å². The van der Waals surface area contributed by atoms with Crippen molar-refractivity contribution in [2.75, 3.05) is 13.2 Å². The molecule has 100 valence electrons. The summed E-state index contributed by atoms with van der Waals surface area (Å²) in [5.74, 6) is -0.383. The molecule has 2 rings (SSSR count). The number of H-pyrrole nitrogens is 1. The molecule has 1 N–H and O–H groups in total. The number of nitrogens with one attached hydrogen (secondary N) is 1. The van der Waals surface area contributed by atoms with Crippen LogP contribution in [0.4, 0.5) is 0 Å². The van der Waals surface area contributed by atoms with Crippen LogP contribution in [0.25, 0.3) is 10.9 Å². The van der Waals surface area contributed by atoms with Crippen LogP contribution in [0.5, 0.6) is 0 Å². The van der Waals surface area contributed by atoms with Gasteiger partial charge < -0.3 is 9.72 Å². The number of hydrogen-bond acceptors (Lipinski definition) is 4. The molecule has 0 bridgehead atoms. The van der Waals surface area contributed by atoms with Gasteiger partial charge in [0.2, 0.25) is 6.54 Å². The van der Waals surface area contributed by atoms with E-state index in [1.54, 1.807) is 31.3 Å². The highest BCUT2D eigenvalue weighted by Gasteiger charge is 2.11. The smallest absolute Gasteiger partial charge is 0.338 e. The van der Waals surface area contributed by atoms with Crippen molar-refractivity contribution in [2.45, 2.75) is 13.3 Å². The molecule has 0 atom stereocenters. The summed E-state index contributed by atoms with van der Waals surface area (Å²) in [6.45, 7) is 1.93. The Labute approximate surface area is 109 Å². The maximum absolute atomic E-state index is 11.6. The zero-order valence-corrected chi connectivity index (χ0v) is 10.5. The van der Waals surface area contributed by atoms with Crippen molar-refractivity contribution in [3.63, 3.8) is 0 Å². The second kappa shape index (κ2) is 5.51. The lowest BCUT2D eigenvalue weighted by Gasteiger charge is -2.02. The summed E-state index contributed by atoms with van der Waals surface area (Å²) in [6, 6.07) is 5.16. The molecule has 1 aromatic heterocycles. The Kier molecular flexibility index (Phi) is 3.79. The normalized spacial score (nSPS) is 10.6. The Bertz CT molecular complexity index is 618. The van der Waals surface area contributed by atoms with Crippen molar-refractivity contribution >= 4 is 16.9 Å². The zero-order valence-electron chi connectivity index (χ0n) is 10.5. The van der Waals surface area contributed by atoms with Crippen molar-refractivity contribution in [1.82, 2.24) is 4.98 Å². The highest BCUT2D eigenvalue weighted by Crippen LogP contribution is 2.21. The molecule has 6 nitrogen and oxygen atoms in total. The van der Waals surface area contributed by atoms with Crippen molar-refractivity contribution in [2.24, 2.45) is 0 Å². The van der Waals surface area contributed by atoms with Crippen LogP contribution >= 0.6 is 0 Å². The standard InChI is InChI=1S/C13H14N2O4/c1-2-19-13(16)9-3-4-12-11(7-9)10(8-14-12)5-6-15(17)18/h3-4,7-8,14H,2,5-6H2,1H3. The molecule has 0 aliphatic heterocycles. The van der Waals surface area contributed by atoms with Gasteiger partial charge in [-0.3, -0.25) is 10.1 Å². The lowest BCUT2D eigenvalue weighted by Crippen LogP contribution is -2.05. The fourth-order valence-electron chi connectivity index (χ4n) is 1.94. The molecule has 1 heterocycles. The number of hydrogen-bond donors (Lipinski definition) is 1. The van der Waals surface area contributed by atoms with Crippen LogP contribution < -0.4 is 0 Å². The lowest BCUT2D eigenvalue weighted by molar-refractivity contribution is -0.479. The minimum Gasteiger partial charge on any atom is -0.462 e. The number of esters is 1. The van der Waals surface area contributed by atoms with Gasteiger partial charge in [0.25, 0.3) is 0 Å². The lowest BCUT2D eigenvalue weighted by atomic mass is 10.1. The predicted molar refractivity (Wildman–Crippen MR) is 69.8 cm³/mol. The van der Waals surface area contributed by atoms with Crippen molar-refractivity contribution in [3.8, 4) is 0 Å². The topological polar surface area (TPSA) is 85.2 Å². The molecule has 0 radical (unpaired) electrons. The number of fused-ring (bicyclic) bond motifs is 1. The minimum absolute atomic E-state index is 0.128. The highest BCUT2D eigenvalue weighted by atomic mass is 16.6. The molecule has 1 aromatic carbocycles. The van der Waals surface area contributed by atoms with E-state index < -0.39 is 0 Å². The van der Waals surface area contributed by atoms with Gasteiger partial charge in [0.1, 0.15) is 0 Å². The minimum atomic E-state index is -0.383. The van der Waals surface area contributed by atoms with Crippen LogP contribution in [-0.2, 0) is 11.2 Å². The molecule has 0 saturated heterocycles. The number of ether oxygens (including phenoxy) is 1. The number of benzene rings is 1. The van der Waals surface area contributed by atoms with E-state index >= 15 is 0 Å². The number of aromatic nitrogens is 1. The van der Waals surface area contributed by atoms with Gasteiger partial charge in [0.05, 0.1) is 12.2 Å². The number of carbonyl (C=O) groups excluding carboxylic acids is 1. The summed E-state index contributed by atoms with van der Waals surface area (Å²) in [4.78, 5) is 24.7. The molecule has 2 aromatic rings. The maximum atomic E-state index is 11.6. The quantitative estimate of drug-likeness (QED) is 0.508. The van der Waals surface area contributed by atoms with Crippen LogP contribution in [0, 0.1) is 10.1 Å². The third-order valence-corrected chi connectivity index (χ3v) is 2.84. The number of nitrogens with zero attached hydrogens (tertiary/aromatic N) is 1. The maximum Gasteiger partial charge on any atom is 0.338 e.